The Kier molecular flexibility index (Phi) is 8.48. The third kappa shape index (κ3) is 6.41. The molecule has 0 N–H and O–H groups in total. The molecule has 0 spiro atoms. The number of thioether (sulfide) groups is 1. The first-order chi connectivity index (χ1) is 18.2. The Morgan fingerprint density at radius 2 is 1.74 bits per heavy atom. The van der Waals surface area contributed by atoms with Crippen molar-refractivity contribution in [1.82, 2.24) is 4.90 Å². The fourth-order valence-corrected chi connectivity index (χ4v) is 4.79. The number of rotatable bonds is 10. The molecule has 0 unspecified atom stereocenters. The molecular formula is C29H28N2O6S. The van der Waals surface area contributed by atoms with Gasteiger partial charge in [0.1, 0.15) is 24.7 Å². The van der Waals surface area contributed by atoms with Crippen LogP contribution in [0.4, 0.5) is 10.5 Å². The number of nitrogens with zero attached hydrogens (tertiary/aromatic N) is 2. The SMILES string of the molecule is Cc1ccc(C(C)C)c(OCCN2C(=O)S/C(=C\c3ccccc3OCc3ccc([N+](=O)[O-])cc3)C2=O)c1. The third-order valence-electron chi connectivity index (χ3n) is 5.98. The average Bonchev–Trinajstić information content (AvgIpc) is 3.15. The van der Waals surface area contributed by atoms with Crippen LogP contribution in [0.3, 0.4) is 0 Å². The third-order valence-corrected chi connectivity index (χ3v) is 6.89. The van der Waals surface area contributed by atoms with Crippen LogP contribution >= 0.6 is 11.8 Å². The highest BCUT2D eigenvalue weighted by molar-refractivity contribution is 8.18. The first kappa shape index (κ1) is 26.9. The Morgan fingerprint density at radius 3 is 2.45 bits per heavy atom. The van der Waals surface area contributed by atoms with Gasteiger partial charge in [-0.3, -0.25) is 24.6 Å². The van der Waals surface area contributed by atoms with Gasteiger partial charge in [0.05, 0.1) is 16.4 Å². The topological polar surface area (TPSA) is 99.0 Å². The summed E-state index contributed by atoms with van der Waals surface area (Å²) in [5.74, 6) is 1.21. The monoisotopic (exact) mass is 532 g/mol. The van der Waals surface area contributed by atoms with Crippen LogP contribution in [0.25, 0.3) is 6.08 Å². The second-order valence-corrected chi connectivity index (χ2v) is 10.1. The lowest BCUT2D eigenvalue weighted by atomic mass is 10.0. The van der Waals surface area contributed by atoms with Crippen molar-refractivity contribution in [3.8, 4) is 11.5 Å². The number of benzene rings is 3. The summed E-state index contributed by atoms with van der Waals surface area (Å²) >= 11 is 0.884. The molecule has 1 aliphatic rings. The number of nitro groups is 1. The fraction of sp³-hybridized carbons (Fsp3) is 0.241. The lowest BCUT2D eigenvalue weighted by Crippen LogP contribution is -2.32. The fourth-order valence-electron chi connectivity index (χ4n) is 3.93. The van der Waals surface area contributed by atoms with Crippen LogP contribution < -0.4 is 9.47 Å². The molecule has 0 aromatic heterocycles. The van der Waals surface area contributed by atoms with Crippen LogP contribution in [0.1, 0.15) is 42.0 Å². The molecule has 1 saturated heterocycles. The minimum absolute atomic E-state index is 0.00881. The number of para-hydroxylation sites is 1. The molecular weight excluding hydrogens is 504 g/mol. The van der Waals surface area contributed by atoms with Crippen LogP contribution in [0.15, 0.2) is 71.6 Å². The molecule has 0 atom stereocenters. The molecule has 0 radical (unpaired) electrons. The first-order valence-corrected chi connectivity index (χ1v) is 13.0. The predicted octanol–water partition coefficient (Wildman–Crippen LogP) is 6.72. The number of aryl methyl sites for hydroxylation is 1. The minimum atomic E-state index is -0.454. The number of hydrogen-bond donors (Lipinski definition) is 0. The highest BCUT2D eigenvalue weighted by atomic mass is 32.2. The number of carbonyl (C=O) groups excluding carboxylic acids is 2. The first-order valence-electron chi connectivity index (χ1n) is 12.2. The summed E-state index contributed by atoms with van der Waals surface area (Å²) < 4.78 is 11.9. The van der Waals surface area contributed by atoms with E-state index in [0.717, 1.165) is 34.2 Å². The molecule has 1 aliphatic heterocycles. The van der Waals surface area contributed by atoms with Crippen molar-refractivity contribution in [2.24, 2.45) is 0 Å². The van der Waals surface area contributed by atoms with Crippen molar-refractivity contribution in [3.63, 3.8) is 0 Å². The Balaban J connectivity index is 1.41. The van der Waals surface area contributed by atoms with E-state index >= 15 is 0 Å². The molecule has 196 valence electrons. The van der Waals surface area contributed by atoms with Crippen molar-refractivity contribution in [2.45, 2.75) is 33.3 Å². The van der Waals surface area contributed by atoms with Gasteiger partial charge in [-0.2, -0.15) is 0 Å². The van der Waals surface area contributed by atoms with E-state index in [4.69, 9.17) is 9.47 Å². The second kappa shape index (κ2) is 12.0. The minimum Gasteiger partial charge on any atom is -0.491 e. The van der Waals surface area contributed by atoms with E-state index in [9.17, 15) is 19.7 Å². The predicted molar refractivity (Wildman–Crippen MR) is 147 cm³/mol. The van der Waals surface area contributed by atoms with Crippen molar-refractivity contribution < 1.29 is 24.0 Å². The van der Waals surface area contributed by atoms with E-state index in [2.05, 4.69) is 13.8 Å². The van der Waals surface area contributed by atoms with E-state index in [-0.39, 0.29) is 42.5 Å². The highest BCUT2D eigenvalue weighted by Gasteiger charge is 2.35. The molecule has 9 heteroatoms. The summed E-state index contributed by atoms with van der Waals surface area (Å²) in [5.41, 5.74) is 3.58. The average molecular weight is 533 g/mol. The number of amides is 2. The largest absolute Gasteiger partial charge is 0.491 e. The van der Waals surface area contributed by atoms with Crippen LogP contribution in [-0.4, -0.2) is 34.1 Å². The number of nitro benzene ring substituents is 1. The zero-order valence-electron chi connectivity index (χ0n) is 21.4. The van der Waals surface area contributed by atoms with Crippen LogP contribution in [0.5, 0.6) is 11.5 Å². The zero-order chi connectivity index (χ0) is 27.2. The normalized spacial score (nSPS) is 14.4. The van der Waals surface area contributed by atoms with Gasteiger partial charge in [0, 0.05) is 17.7 Å². The second-order valence-electron chi connectivity index (χ2n) is 9.13. The van der Waals surface area contributed by atoms with Gasteiger partial charge in [-0.05, 0) is 71.6 Å². The molecule has 2 amide bonds. The Bertz CT molecular complexity index is 1380. The van der Waals surface area contributed by atoms with Gasteiger partial charge in [0.25, 0.3) is 16.8 Å². The van der Waals surface area contributed by atoms with Crippen LogP contribution in [-0.2, 0) is 11.4 Å². The van der Waals surface area contributed by atoms with E-state index in [0.29, 0.717) is 16.2 Å². The lowest BCUT2D eigenvalue weighted by Gasteiger charge is -2.17. The molecule has 1 heterocycles. The van der Waals surface area contributed by atoms with Gasteiger partial charge < -0.3 is 9.47 Å². The zero-order valence-corrected chi connectivity index (χ0v) is 22.2. The molecule has 4 rings (SSSR count). The number of ether oxygens (including phenoxy) is 2. The quantitative estimate of drug-likeness (QED) is 0.162. The van der Waals surface area contributed by atoms with E-state index < -0.39 is 4.92 Å². The number of hydrogen-bond acceptors (Lipinski definition) is 7. The van der Waals surface area contributed by atoms with Gasteiger partial charge in [0.2, 0.25) is 0 Å². The van der Waals surface area contributed by atoms with Gasteiger partial charge in [-0.1, -0.05) is 44.2 Å². The summed E-state index contributed by atoms with van der Waals surface area (Å²) in [4.78, 5) is 37.6. The molecule has 0 saturated carbocycles. The Morgan fingerprint density at radius 1 is 1.00 bits per heavy atom. The molecule has 3 aromatic carbocycles. The summed E-state index contributed by atoms with van der Waals surface area (Å²) in [6, 6.07) is 19.4. The van der Waals surface area contributed by atoms with Gasteiger partial charge in [0.15, 0.2) is 0 Å². The molecule has 3 aromatic rings. The number of imide groups is 1. The molecule has 1 fully saturated rings. The van der Waals surface area contributed by atoms with Gasteiger partial charge in [-0.15, -0.1) is 0 Å². The van der Waals surface area contributed by atoms with Crippen molar-refractivity contribution in [3.05, 3.63) is 104 Å². The van der Waals surface area contributed by atoms with Crippen LogP contribution in [0, 0.1) is 17.0 Å². The lowest BCUT2D eigenvalue weighted by molar-refractivity contribution is -0.384. The molecule has 0 bridgehead atoms. The molecule has 8 nitrogen and oxygen atoms in total. The summed E-state index contributed by atoms with van der Waals surface area (Å²) in [7, 11) is 0. The van der Waals surface area contributed by atoms with Gasteiger partial charge in [-0.25, -0.2) is 0 Å². The maximum Gasteiger partial charge on any atom is 0.293 e. The van der Waals surface area contributed by atoms with E-state index in [1.807, 2.05) is 37.3 Å². The molecule has 0 aliphatic carbocycles. The smallest absolute Gasteiger partial charge is 0.293 e. The van der Waals surface area contributed by atoms with Crippen LogP contribution in [0.2, 0.25) is 0 Å². The summed E-state index contributed by atoms with van der Waals surface area (Å²) in [5, 5.41) is 10.5. The van der Waals surface area contributed by atoms with Crippen molar-refractivity contribution in [1.29, 1.82) is 0 Å². The maximum atomic E-state index is 13.0. The standard InChI is InChI=1S/C29H28N2O6S/c1-19(2)24-13-8-20(3)16-26(24)36-15-14-30-28(32)27(38-29(30)33)17-22-6-4-5-7-25(22)37-18-21-9-11-23(12-10-21)31(34)35/h4-13,16-17,19H,14-15,18H2,1-3H3/b27-17-. The number of non-ortho nitro benzene ring substituents is 1. The number of carbonyl (C=O) groups is 2. The highest BCUT2D eigenvalue weighted by Crippen LogP contribution is 2.34. The summed E-state index contributed by atoms with van der Waals surface area (Å²) in [6.45, 7) is 6.71. The van der Waals surface area contributed by atoms with Gasteiger partial charge >= 0.3 is 0 Å². The van der Waals surface area contributed by atoms with Crippen molar-refractivity contribution >= 4 is 34.7 Å². The Hall–Kier alpha value is -4.11. The summed E-state index contributed by atoms with van der Waals surface area (Å²) in [6.07, 6.45) is 1.65. The van der Waals surface area contributed by atoms with E-state index in [1.165, 1.54) is 17.0 Å². The molecule has 38 heavy (non-hydrogen) atoms. The van der Waals surface area contributed by atoms with E-state index in [1.54, 1.807) is 30.3 Å². The Labute approximate surface area is 225 Å². The van der Waals surface area contributed by atoms with Crippen molar-refractivity contribution in [2.75, 3.05) is 13.2 Å². The maximum absolute atomic E-state index is 13.0.